The van der Waals surface area contributed by atoms with Gasteiger partial charge in [-0.2, -0.15) is 0 Å². The van der Waals surface area contributed by atoms with Crippen LogP contribution in [0.3, 0.4) is 0 Å². The molecule has 0 aliphatic carbocycles. The molecule has 2 aliphatic rings. The van der Waals surface area contributed by atoms with E-state index in [2.05, 4.69) is 29.6 Å². The van der Waals surface area contributed by atoms with Crippen molar-refractivity contribution >= 4 is 11.9 Å². The Labute approximate surface area is 137 Å². The van der Waals surface area contributed by atoms with Crippen molar-refractivity contribution in [2.75, 3.05) is 39.3 Å². The van der Waals surface area contributed by atoms with Crippen LogP contribution in [0.4, 0.5) is 4.79 Å². The first-order chi connectivity index (χ1) is 11.1. The molecule has 0 bridgehead atoms. The molecule has 2 heterocycles. The second-order valence-corrected chi connectivity index (χ2v) is 6.51. The van der Waals surface area contributed by atoms with Gasteiger partial charge in [-0.3, -0.25) is 9.69 Å². The standard InChI is InChI=1S/C17H24N4O2/c1-14(16(22)21-8-7-18-17(21)23)20-11-9-19(10-12-20)13-15-5-3-2-4-6-15/h2-6,14H,7-13H2,1H3,(H,18,23)/p+2/t14-/m0/s1. The molecule has 1 aromatic rings. The summed E-state index contributed by atoms with van der Waals surface area (Å²) in [5.41, 5.74) is 1.36. The highest BCUT2D eigenvalue weighted by Gasteiger charge is 2.37. The monoisotopic (exact) mass is 318 g/mol. The van der Waals surface area contributed by atoms with E-state index in [9.17, 15) is 9.59 Å². The number of carbonyl (C=O) groups excluding carboxylic acids is 2. The second-order valence-electron chi connectivity index (χ2n) is 6.51. The molecule has 2 saturated heterocycles. The largest absolute Gasteiger partial charge is 0.336 e. The van der Waals surface area contributed by atoms with E-state index in [0.717, 1.165) is 32.7 Å². The van der Waals surface area contributed by atoms with Gasteiger partial charge >= 0.3 is 6.03 Å². The van der Waals surface area contributed by atoms with E-state index in [1.165, 1.54) is 15.4 Å². The molecule has 3 N–H and O–H groups in total. The van der Waals surface area contributed by atoms with Gasteiger partial charge in [-0.05, 0) is 6.92 Å². The molecule has 124 valence electrons. The summed E-state index contributed by atoms with van der Waals surface area (Å²) in [5, 5.41) is 2.70. The van der Waals surface area contributed by atoms with E-state index < -0.39 is 0 Å². The van der Waals surface area contributed by atoms with Crippen molar-refractivity contribution in [2.24, 2.45) is 0 Å². The molecule has 2 fully saturated rings. The fourth-order valence-corrected chi connectivity index (χ4v) is 3.51. The first-order valence-corrected chi connectivity index (χ1v) is 8.46. The van der Waals surface area contributed by atoms with Crippen LogP contribution in [0.2, 0.25) is 0 Å². The van der Waals surface area contributed by atoms with Gasteiger partial charge in [0.15, 0.2) is 6.04 Å². The first kappa shape index (κ1) is 16.0. The fourth-order valence-electron chi connectivity index (χ4n) is 3.51. The summed E-state index contributed by atoms with van der Waals surface area (Å²) >= 11 is 0. The molecule has 2 aliphatic heterocycles. The highest BCUT2D eigenvalue weighted by molar-refractivity contribution is 5.97. The van der Waals surface area contributed by atoms with E-state index in [0.29, 0.717) is 13.1 Å². The molecular formula is C17H26N4O2+2. The van der Waals surface area contributed by atoms with E-state index in [1.807, 2.05) is 13.0 Å². The van der Waals surface area contributed by atoms with Crippen molar-refractivity contribution in [3.05, 3.63) is 35.9 Å². The lowest BCUT2D eigenvalue weighted by Crippen LogP contribution is -3.29. The van der Waals surface area contributed by atoms with Gasteiger partial charge < -0.3 is 15.1 Å². The number of urea groups is 1. The Morgan fingerprint density at radius 1 is 1.22 bits per heavy atom. The third-order valence-electron chi connectivity index (χ3n) is 5.00. The number of piperazine rings is 1. The Morgan fingerprint density at radius 3 is 2.52 bits per heavy atom. The Balaban J connectivity index is 1.50. The van der Waals surface area contributed by atoms with Crippen LogP contribution in [0.25, 0.3) is 0 Å². The van der Waals surface area contributed by atoms with Crippen LogP contribution in [0.15, 0.2) is 30.3 Å². The maximum atomic E-state index is 12.5. The number of amides is 3. The van der Waals surface area contributed by atoms with Crippen LogP contribution in [0.1, 0.15) is 12.5 Å². The van der Waals surface area contributed by atoms with Crippen molar-refractivity contribution in [1.82, 2.24) is 10.2 Å². The quantitative estimate of drug-likeness (QED) is 0.596. The Kier molecular flexibility index (Phi) is 4.93. The number of nitrogens with zero attached hydrogens (tertiary/aromatic N) is 1. The van der Waals surface area contributed by atoms with Gasteiger partial charge in [-0.1, -0.05) is 30.3 Å². The molecule has 3 amide bonds. The number of quaternary nitrogens is 2. The van der Waals surface area contributed by atoms with Crippen LogP contribution in [0.5, 0.6) is 0 Å². The van der Waals surface area contributed by atoms with Crippen LogP contribution < -0.4 is 15.1 Å². The van der Waals surface area contributed by atoms with Crippen LogP contribution >= 0.6 is 0 Å². The third-order valence-corrected chi connectivity index (χ3v) is 5.00. The fraction of sp³-hybridized carbons (Fsp3) is 0.529. The Bertz CT molecular complexity index is 555. The molecule has 6 nitrogen and oxygen atoms in total. The van der Waals surface area contributed by atoms with Crippen LogP contribution in [-0.2, 0) is 11.3 Å². The molecule has 0 aromatic heterocycles. The van der Waals surface area contributed by atoms with Crippen molar-refractivity contribution in [3.8, 4) is 0 Å². The van der Waals surface area contributed by atoms with E-state index in [4.69, 9.17) is 0 Å². The number of hydrogen-bond acceptors (Lipinski definition) is 2. The molecule has 1 atom stereocenters. The molecule has 3 rings (SSSR count). The molecular weight excluding hydrogens is 292 g/mol. The van der Waals surface area contributed by atoms with Crippen molar-refractivity contribution in [2.45, 2.75) is 19.5 Å². The topological polar surface area (TPSA) is 58.3 Å². The number of rotatable bonds is 4. The lowest BCUT2D eigenvalue weighted by Gasteiger charge is -2.33. The van der Waals surface area contributed by atoms with Gasteiger partial charge in [0.25, 0.3) is 5.91 Å². The minimum Gasteiger partial charge on any atom is -0.336 e. The summed E-state index contributed by atoms with van der Waals surface area (Å²) in [6, 6.07) is 10.2. The Hall–Kier alpha value is -1.92. The second kappa shape index (κ2) is 7.10. The average molecular weight is 318 g/mol. The number of nitrogens with one attached hydrogen (secondary N) is 3. The van der Waals surface area contributed by atoms with E-state index in [-0.39, 0.29) is 18.0 Å². The minimum atomic E-state index is -0.241. The summed E-state index contributed by atoms with van der Waals surface area (Å²) in [5.74, 6) is -0.0403. The van der Waals surface area contributed by atoms with Gasteiger partial charge in [-0.15, -0.1) is 0 Å². The molecule has 0 spiro atoms. The zero-order valence-electron chi connectivity index (χ0n) is 13.7. The summed E-state index contributed by atoms with van der Waals surface area (Å²) < 4.78 is 0. The lowest BCUT2D eigenvalue weighted by atomic mass is 10.1. The third kappa shape index (κ3) is 3.71. The number of imide groups is 1. The van der Waals surface area contributed by atoms with Crippen LogP contribution in [0, 0.1) is 0 Å². The predicted octanol–water partition coefficient (Wildman–Crippen LogP) is -2.09. The summed E-state index contributed by atoms with van der Waals surface area (Å²) in [7, 11) is 0. The zero-order valence-corrected chi connectivity index (χ0v) is 13.7. The Morgan fingerprint density at radius 2 is 1.91 bits per heavy atom. The molecule has 1 aromatic carbocycles. The summed E-state index contributed by atoms with van der Waals surface area (Å²) in [6.07, 6.45) is 0. The van der Waals surface area contributed by atoms with Crippen molar-refractivity contribution < 1.29 is 19.4 Å². The number of hydrogen-bond donors (Lipinski definition) is 3. The van der Waals surface area contributed by atoms with Gasteiger partial charge in [0.05, 0.1) is 0 Å². The SMILES string of the molecule is C[C@@H](C(=O)N1CCNC1=O)[NH+]1CC[NH+](Cc2ccccc2)CC1. The number of benzene rings is 1. The maximum absolute atomic E-state index is 12.5. The molecule has 0 radical (unpaired) electrons. The van der Waals surface area contributed by atoms with Crippen molar-refractivity contribution in [3.63, 3.8) is 0 Å². The molecule has 6 heteroatoms. The van der Waals surface area contributed by atoms with E-state index >= 15 is 0 Å². The number of carbonyl (C=O) groups is 2. The van der Waals surface area contributed by atoms with Gasteiger partial charge in [0.1, 0.15) is 32.7 Å². The maximum Gasteiger partial charge on any atom is 0.324 e. The average Bonchev–Trinajstić information content (AvgIpc) is 3.01. The van der Waals surface area contributed by atoms with Gasteiger partial charge in [0, 0.05) is 18.7 Å². The molecule has 0 unspecified atom stereocenters. The minimum absolute atomic E-state index is 0.0403. The normalized spacial score (nSPS) is 26.0. The zero-order chi connectivity index (χ0) is 16.2. The summed E-state index contributed by atoms with van der Waals surface area (Å²) in [4.78, 5) is 28.3. The van der Waals surface area contributed by atoms with Gasteiger partial charge in [-0.25, -0.2) is 4.79 Å². The summed E-state index contributed by atoms with van der Waals surface area (Å²) in [6.45, 7) is 8.15. The smallest absolute Gasteiger partial charge is 0.324 e. The predicted molar refractivity (Wildman–Crippen MR) is 86.1 cm³/mol. The van der Waals surface area contributed by atoms with Crippen molar-refractivity contribution in [1.29, 1.82) is 0 Å². The molecule has 0 saturated carbocycles. The van der Waals surface area contributed by atoms with Crippen LogP contribution in [-0.4, -0.2) is 62.1 Å². The highest BCUT2D eigenvalue weighted by Crippen LogP contribution is 1.99. The van der Waals surface area contributed by atoms with E-state index in [1.54, 1.807) is 4.90 Å². The lowest BCUT2D eigenvalue weighted by molar-refractivity contribution is -1.02. The van der Waals surface area contributed by atoms with Gasteiger partial charge in [0.2, 0.25) is 0 Å². The first-order valence-electron chi connectivity index (χ1n) is 8.46. The highest BCUT2D eigenvalue weighted by atomic mass is 16.2. The molecule has 23 heavy (non-hydrogen) atoms.